The number of hydrogen-bond acceptors (Lipinski definition) is 0. The summed E-state index contributed by atoms with van der Waals surface area (Å²) < 4.78 is 0. The largest absolute Gasteiger partial charge is 0.107 e. The van der Waals surface area contributed by atoms with Crippen molar-refractivity contribution < 1.29 is 0 Å². The van der Waals surface area contributed by atoms with Gasteiger partial charge in [0.25, 0.3) is 0 Å². The molecular formula is C17H28. The predicted octanol–water partition coefficient (Wildman–Crippen LogP) is 4.90. The maximum atomic E-state index is 3.13. The first-order valence-electron chi connectivity index (χ1n) is 6.35. The highest BCUT2D eigenvalue weighted by molar-refractivity contribution is 5.01. The Bertz CT molecular complexity index is 284. The van der Waals surface area contributed by atoms with E-state index in [1.54, 1.807) is 0 Å². The third kappa shape index (κ3) is 40.0. The molecule has 0 aromatic heterocycles. The molecule has 96 valence electrons. The summed E-state index contributed by atoms with van der Waals surface area (Å²) >= 11 is 0. The predicted molar refractivity (Wildman–Crippen MR) is 80.4 cm³/mol. The van der Waals surface area contributed by atoms with Crippen molar-refractivity contribution in [1.29, 1.82) is 0 Å². The molecule has 0 spiro atoms. The van der Waals surface area contributed by atoms with Crippen LogP contribution >= 0.6 is 0 Å². The average Bonchev–Trinajstić information content (AvgIpc) is 2.37. The Morgan fingerprint density at radius 2 is 1.24 bits per heavy atom. The normalized spacial score (nSPS) is 7.94. The van der Waals surface area contributed by atoms with E-state index in [1.165, 1.54) is 6.42 Å². The lowest BCUT2D eigenvalue weighted by Crippen LogP contribution is -1.83. The molecule has 0 aromatic rings. The Labute approximate surface area is 110 Å². The molecule has 0 bridgehead atoms. The fourth-order valence-corrected chi connectivity index (χ4v) is 0.555. The monoisotopic (exact) mass is 232 g/mol. The SMILES string of the molecule is CC#CC.CC#CCC.CCC#CC(C)CC. The molecule has 0 aliphatic heterocycles. The van der Waals surface area contributed by atoms with Crippen molar-refractivity contribution in [3.8, 4) is 35.5 Å². The van der Waals surface area contributed by atoms with Crippen LogP contribution in [0.2, 0.25) is 0 Å². The molecule has 0 amide bonds. The standard InChI is InChI=1S/C8H14.C5H8.C4H6/c1-4-6-7-8(3)5-2;1-3-5-4-2;1-3-4-2/h8H,4-5H2,1-3H3;3H2,1-2H3;1-2H3. The van der Waals surface area contributed by atoms with Gasteiger partial charge in [-0.05, 0) is 27.2 Å². The lowest BCUT2D eigenvalue weighted by atomic mass is 10.1. The quantitative estimate of drug-likeness (QED) is 0.564. The molecule has 0 N–H and O–H groups in total. The van der Waals surface area contributed by atoms with Gasteiger partial charge in [-0.2, -0.15) is 0 Å². The fraction of sp³-hybridized carbons (Fsp3) is 0.647. The van der Waals surface area contributed by atoms with Gasteiger partial charge in [0.2, 0.25) is 0 Å². The first-order chi connectivity index (χ1) is 8.14. The van der Waals surface area contributed by atoms with E-state index in [2.05, 4.69) is 56.3 Å². The van der Waals surface area contributed by atoms with Crippen LogP contribution in [0.1, 0.15) is 67.7 Å². The summed E-state index contributed by atoms with van der Waals surface area (Å²) in [6.45, 7) is 13.9. The fourth-order valence-electron chi connectivity index (χ4n) is 0.555. The Balaban J connectivity index is -0.000000188. The summed E-state index contributed by atoms with van der Waals surface area (Å²) in [6, 6.07) is 0. The van der Waals surface area contributed by atoms with Crippen LogP contribution in [0.3, 0.4) is 0 Å². The second-order valence-electron chi connectivity index (χ2n) is 3.26. The Hall–Kier alpha value is -1.32. The zero-order chi connectivity index (χ0) is 13.9. The van der Waals surface area contributed by atoms with Crippen molar-refractivity contribution in [3.63, 3.8) is 0 Å². The van der Waals surface area contributed by atoms with Gasteiger partial charge < -0.3 is 0 Å². The van der Waals surface area contributed by atoms with Gasteiger partial charge in [-0.1, -0.05) is 27.7 Å². The lowest BCUT2D eigenvalue weighted by molar-refractivity contribution is 0.722. The Morgan fingerprint density at radius 3 is 1.41 bits per heavy atom. The third-order valence-electron chi connectivity index (χ3n) is 1.74. The summed E-state index contributed by atoms with van der Waals surface area (Å²) in [5, 5.41) is 0. The van der Waals surface area contributed by atoms with E-state index in [9.17, 15) is 0 Å². The van der Waals surface area contributed by atoms with Gasteiger partial charge in [-0.25, -0.2) is 0 Å². The molecule has 1 unspecified atom stereocenters. The molecule has 0 aromatic carbocycles. The van der Waals surface area contributed by atoms with Crippen LogP contribution in [0.5, 0.6) is 0 Å². The van der Waals surface area contributed by atoms with Crippen LogP contribution in [0.15, 0.2) is 0 Å². The minimum absolute atomic E-state index is 0.593. The van der Waals surface area contributed by atoms with Crippen LogP contribution in [0.4, 0.5) is 0 Å². The van der Waals surface area contributed by atoms with E-state index in [4.69, 9.17) is 0 Å². The van der Waals surface area contributed by atoms with Crippen molar-refractivity contribution in [2.75, 3.05) is 0 Å². The summed E-state index contributed by atoms with van der Waals surface area (Å²) in [6.07, 6.45) is 3.15. The van der Waals surface area contributed by atoms with Crippen LogP contribution in [0.25, 0.3) is 0 Å². The first kappa shape index (κ1) is 21.0. The van der Waals surface area contributed by atoms with Crippen molar-refractivity contribution in [3.05, 3.63) is 0 Å². The van der Waals surface area contributed by atoms with E-state index >= 15 is 0 Å². The number of rotatable bonds is 1. The highest BCUT2D eigenvalue weighted by Crippen LogP contribution is 1.96. The van der Waals surface area contributed by atoms with Crippen LogP contribution in [-0.2, 0) is 0 Å². The molecule has 0 aliphatic rings. The minimum Gasteiger partial charge on any atom is -0.107 e. The zero-order valence-electron chi connectivity index (χ0n) is 12.7. The first-order valence-corrected chi connectivity index (χ1v) is 6.35. The van der Waals surface area contributed by atoms with E-state index in [0.29, 0.717) is 5.92 Å². The van der Waals surface area contributed by atoms with Crippen molar-refractivity contribution in [1.82, 2.24) is 0 Å². The van der Waals surface area contributed by atoms with E-state index in [0.717, 1.165) is 12.8 Å². The van der Waals surface area contributed by atoms with Gasteiger partial charge in [0.15, 0.2) is 0 Å². The zero-order valence-corrected chi connectivity index (χ0v) is 12.7. The second-order valence-corrected chi connectivity index (χ2v) is 3.26. The van der Waals surface area contributed by atoms with Crippen LogP contribution in [-0.4, -0.2) is 0 Å². The van der Waals surface area contributed by atoms with Gasteiger partial charge in [0, 0.05) is 18.8 Å². The molecule has 0 heterocycles. The van der Waals surface area contributed by atoms with Crippen molar-refractivity contribution in [2.45, 2.75) is 67.7 Å². The van der Waals surface area contributed by atoms with Crippen molar-refractivity contribution >= 4 is 0 Å². The average molecular weight is 232 g/mol. The van der Waals surface area contributed by atoms with Gasteiger partial charge in [0.05, 0.1) is 0 Å². The molecule has 17 heavy (non-hydrogen) atoms. The summed E-state index contributed by atoms with van der Waals surface area (Å²) in [5.74, 6) is 17.8. The van der Waals surface area contributed by atoms with E-state index < -0.39 is 0 Å². The van der Waals surface area contributed by atoms with Crippen molar-refractivity contribution in [2.24, 2.45) is 5.92 Å². The molecule has 0 saturated carbocycles. The summed E-state index contributed by atoms with van der Waals surface area (Å²) in [4.78, 5) is 0. The maximum Gasteiger partial charge on any atom is 0.0171 e. The second kappa shape index (κ2) is 24.1. The molecule has 0 heteroatoms. The smallest absolute Gasteiger partial charge is 0.0171 e. The number of hydrogen-bond donors (Lipinski definition) is 0. The summed E-state index contributed by atoms with van der Waals surface area (Å²) in [5.41, 5.74) is 0. The molecule has 1 atom stereocenters. The Morgan fingerprint density at radius 1 is 0.765 bits per heavy atom. The van der Waals surface area contributed by atoms with E-state index in [1.807, 2.05) is 27.7 Å². The molecule has 0 aliphatic carbocycles. The van der Waals surface area contributed by atoms with Crippen LogP contribution in [0, 0.1) is 41.4 Å². The Kier molecular flexibility index (Phi) is 29.8. The molecule has 0 nitrogen and oxygen atoms in total. The highest BCUT2D eigenvalue weighted by Gasteiger charge is 1.86. The van der Waals surface area contributed by atoms with Crippen LogP contribution < -0.4 is 0 Å². The maximum absolute atomic E-state index is 3.13. The van der Waals surface area contributed by atoms with Gasteiger partial charge in [0.1, 0.15) is 0 Å². The molecule has 0 radical (unpaired) electrons. The topological polar surface area (TPSA) is 0 Å². The molecule has 0 fully saturated rings. The molecule has 0 rings (SSSR count). The van der Waals surface area contributed by atoms with Gasteiger partial charge >= 0.3 is 0 Å². The minimum atomic E-state index is 0.593. The molecule has 0 saturated heterocycles. The summed E-state index contributed by atoms with van der Waals surface area (Å²) in [7, 11) is 0. The lowest BCUT2D eigenvalue weighted by Gasteiger charge is -1.92. The highest BCUT2D eigenvalue weighted by atomic mass is 13.9. The third-order valence-corrected chi connectivity index (χ3v) is 1.74. The molecular weight excluding hydrogens is 204 g/mol. The van der Waals surface area contributed by atoms with Gasteiger partial charge in [-0.15, -0.1) is 35.5 Å². The van der Waals surface area contributed by atoms with Gasteiger partial charge in [-0.3, -0.25) is 0 Å². The van der Waals surface area contributed by atoms with E-state index in [-0.39, 0.29) is 0 Å².